The molecule has 104 valence electrons. The van der Waals surface area contributed by atoms with Crippen molar-refractivity contribution in [2.75, 3.05) is 13.6 Å². The van der Waals surface area contributed by atoms with Crippen molar-refractivity contribution in [3.8, 4) is 0 Å². The Bertz CT molecular complexity index is 463. The summed E-state index contributed by atoms with van der Waals surface area (Å²) in [6.45, 7) is 4.81. The first kappa shape index (κ1) is 14.0. The number of rotatable bonds is 3. The van der Waals surface area contributed by atoms with E-state index in [2.05, 4.69) is 12.2 Å². The standard InChI is InChI=1S/C15H21FN2O/c1-10-8-9-17-14(10)15(19)18(3)11(2)12-6-4-5-7-13(12)16/h4-7,10-11,14,17H,8-9H2,1-3H3. The number of hydrogen-bond acceptors (Lipinski definition) is 2. The van der Waals surface area contributed by atoms with Gasteiger partial charge in [0.1, 0.15) is 5.82 Å². The molecule has 1 aliphatic heterocycles. The van der Waals surface area contributed by atoms with Crippen LogP contribution in [0.2, 0.25) is 0 Å². The molecule has 4 heteroatoms. The van der Waals surface area contributed by atoms with E-state index < -0.39 is 0 Å². The number of hydrogen-bond donors (Lipinski definition) is 1. The van der Waals surface area contributed by atoms with Gasteiger partial charge in [-0.05, 0) is 31.9 Å². The second-order valence-electron chi connectivity index (χ2n) is 5.34. The molecule has 1 fully saturated rings. The van der Waals surface area contributed by atoms with Crippen LogP contribution in [-0.2, 0) is 4.79 Å². The highest BCUT2D eigenvalue weighted by Gasteiger charge is 2.33. The maximum absolute atomic E-state index is 13.8. The third-order valence-electron chi connectivity index (χ3n) is 4.08. The Labute approximate surface area is 113 Å². The number of carbonyl (C=O) groups is 1. The number of carbonyl (C=O) groups excluding carboxylic acids is 1. The molecule has 1 aromatic carbocycles. The van der Waals surface area contributed by atoms with Crippen LogP contribution in [-0.4, -0.2) is 30.4 Å². The van der Waals surface area contributed by atoms with Gasteiger partial charge in [0, 0.05) is 12.6 Å². The lowest BCUT2D eigenvalue weighted by Gasteiger charge is -2.29. The Hall–Kier alpha value is -1.42. The molecule has 0 bridgehead atoms. The molecule has 2 rings (SSSR count). The van der Waals surface area contributed by atoms with Crippen LogP contribution >= 0.6 is 0 Å². The molecule has 0 radical (unpaired) electrons. The van der Waals surface area contributed by atoms with Gasteiger partial charge < -0.3 is 10.2 Å². The lowest BCUT2D eigenvalue weighted by molar-refractivity contribution is -0.134. The molecule has 3 nitrogen and oxygen atoms in total. The highest BCUT2D eigenvalue weighted by Crippen LogP contribution is 2.24. The molecule has 1 N–H and O–H groups in total. The number of benzene rings is 1. The maximum Gasteiger partial charge on any atom is 0.240 e. The first-order valence-corrected chi connectivity index (χ1v) is 6.77. The summed E-state index contributed by atoms with van der Waals surface area (Å²) in [5.41, 5.74) is 0.559. The number of nitrogens with zero attached hydrogens (tertiary/aromatic N) is 1. The molecule has 3 unspecified atom stereocenters. The third kappa shape index (κ3) is 2.78. The van der Waals surface area contributed by atoms with Crippen molar-refractivity contribution in [1.29, 1.82) is 0 Å². The predicted octanol–water partition coefficient (Wildman–Crippen LogP) is 2.34. The summed E-state index contributed by atoms with van der Waals surface area (Å²) in [4.78, 5) is 14.1. The SMILES string of the molecule is CC1CCNC1C(=O)N(C)C(C)c1ccccc1F. The topological polar surface area (TPSA) is 32.3 Å². The first-order chi connectivity index (χ1) is 9.02. The molecule has 1 saturated heterocycles. The molecular formula is C15H21FN2O. The van der Waals surface area contributed by atoms with Crippen molar-refractivity contribution in [2.45, 2.75) is 32.4 Å². The first-order valence-electron chi connectivity index (χ1n) is 6.77. The normalized spacial score (nSPS) is 24.2. The highest BCUT2D eigenvalue weighted by atomic mass is 19.1. The molecular weight excluding hydrogens is 243 g/mol. The molecule has 0 aromatic heterocycles. The molecule has 3 atom stereocenters. The van der Waals surface area contributed by atoms with Crippen LogP contribution in [0.25, 0.3) is 0 Å². The van der Waals surface area contributed by atoms with Crippen molar-refractivity contribution in [3.63, 3.8) is 0 Å². The number of likely N-dealkylation sites (N-methyl/N-ethyl adjacent to an activating group) is 1. The highest BCUT2D eigenvalue weighted by molar-refractivity contribution is 5.82. The van der Waals surface area contributed by atoms with E-state index in [0.717, 1.165) is 13.0 Å². The zero-order valence-corrected chi connectivity index (χ0v) is 11.7. The van der Waals surface area contributed by atoms with Gasteiger partial charge in [0.05, 0.1) is 12.1 Å². The van der Waals surface area contributed by atoms with Crippen LogP contribution in [0.5, 0.6) is 0 Å². The van der Waals surface area contributed by atoms with Crippen molar-refractivity contribution in [1.82, 2.24) is 10.2 Å². The lowest BCUT2D eigenvalue weighted by Crippen LogP contribution is -2.45. The van der Waals surface area contributed by atoms with Crippen molar-refractivity contribution in [2.24, 2.45) is 5.92 Å². The fourth-order valence-corrected chi connectivity index (χ4v) is 2.60. The van der Waals surface area contributed by atoms with Crippen LogP contribution in [0, 0.1) is 11.7 Å². The van der Waals surface area contributed by atoms with Gasteiger partial charge in [-0.25, -0.2) is 4.39 Å². The van der Waals surface area contributed by atoms with Crippen LogP contribution < -0.4 is 5.32 Å². The van der Waals surface area contributed by atoms with Gasteiger partial charge in [0.2, 0.25) is 5.91 Å². The largest absolute Gasteiger partial charge is 0.338 e. The Morgan fingerprint density at radius 1 is 1.47 bits per heavy atom. The molecule has 0 saturated carbocycles. The van der Waals surface area contributed by atoms with Crippen molar-refractivity contribution in [3.05, 3.63) is 35.6 Å². The van der Waals surface area contributed by atoms with E-state index >= 15 is 0 Å². The van der Waals surface area contributed by atoms with E-state index in [-0.39, 0.29) is 23.8 Å². The molecule has 1 heterocycles. The van der Waals surface area contributed by atoms with E-state index in [1.807, 2.05) is 6.92 Å². The number of amides is 1. The summed E-state index contributed by atoms with van der Waals surface area (Å²) < 4.78 is 13.8. The summed E-state index contributed by atoms with van der Waals surface area (Å²) in [5.74, 6) is 0.116. The zero-order chi connectivity index (χ0) is 14.0. The maximum atomic E-state index is 13.8. The predicted molar refractivity (Wildman–Crippen MR) is 73.2 cm³/mol. The van der Waals surface area contributed by atoms with Gasteiger partial charge in [-0.1, -0.05) is 25.1 Å². The average Bonchev–Trinajstić information content (AvgIpc) is 2.83. The van der Waals surface area contributed by atoms with E-state index in [4.69, 9.17) is 0 Å². The fourth-order valence-electron chi connectivity index (χ4n) is 2.60. The van der Waals surface area contributed by atoms with Crippen molar-refractivity contribution < 1.29 is 9.18 Å². The molecule has 0 spiro atoms. The van der Waals surface area contributed by atoms with Gasteiger partial charge in [-0.15, -0.1) is 0 Å². The monoisotopic (exact) mass is 264 g/mol. The Morgan fingerprint density at radius 2 is 2.16 bits per heavy atom. The summed E-state index contributed by atoms with van der Waals surface area (Å²) in [7, 11) is 1.74. The molecule has 1 amide bonds. The van der Waals surface area contributed by atoms with Crippen LogP contribution in [0.15, 0.2) is 24.3 Å². The Morgan fingerprint density at radius 3 is 2.74 bits per heavy atom. The zero-order valence-electron chi connectivity index (χ0n) is 11.7. The minimum Gasteiger partial charge on any atom is -0.338 e. The smallest absolute Gasteiger partial charge is 0.240 e. The summed E-state index contributed by atoms with van der Waals surface area (Å²) in [6.07, 6.45) is 1.01. The molecule has 1 aliphatic rings. The van der Waals surface area contributed by atoms with E-state index in [1.165, 1.54) is 6.07 Å². The van der Waals surface area contributed by atoms with Gasteiger partial charge in [-0.2, -0.15) is 0 Å². The van der Waals surface area contributed by atoms with Crippen LogP contribution in [0.4, 0.5) is 4.39 Å². The molecule has 1 aromatic rings. The average molecular weight is 264 g/mol. The second kappa shape index (κ2) is 5.70. The second-order valence-corrected chi connectivity index (χ2v) is 5.34. The summed E-state index contributed by atoms with van der Waals surface area (Å²) >= 11 is 0. The van der Waals surface area contributed by atoms with Gasteiger partial charge in [0.25, 0.3) is 0 Å². The van der Waals surface area contributed by atoms with Gasteiger partial charge in [-0.3, -0.25) is 4.79 Å². The Kier molecular flexibility index (Phi) is 4.20. The minimum absolute atomic E-state index is 0.0424. The number of halogens is 1. The lowest BCUT2D eigenvalue weighted by atomic mass is 10.0. The number of nitrogens with one attached hydrogen (secondary N) is 1. The van der Waals surface area contributed by atoms with E-state index in [9.17, 15) is 9.18 Å². The molecule has 19 heavy (non-hydrogen) atoms. The van der Waals surface area contributed by atoms with Gasteiger partial charge >= 0.3 is 0 Å². The van der Waals surface area contributed by atoms with Gasteiger partial charge in [0.15, 0.2) is 0 Å². The van der Waals surface area contributed by atoms with Crippen molar-refractivity contribution >= 4 is 5.91 Å². The summed E-state index contributed by atoms with van der Waals surface area (Å²) in [5, 5.41) is 3.22. The third-order valence-corrected chi connectivity index (χ3v) is 4.08. The Balaban J connectivity index is 2.13. The van der Waals surface area contributed by atoms with E-state index in [0.29, 0.717) is 11.5 Å². The van der Waals surface area contributed by atoms with Crippen LogP contribution in [0.3, 0.4) is 0 Å². The van der Waals surface area contributed by atoms with E-state index in [1.54, 1.807) is 30.1 Å². The summed E-state index contributed by atoms with van der Waals surface area (Å²) in [6, 6.07) is 6.22. The fraction of sp³-hybridized carbons (Fsp3) is 0.533. The quantitative estimate of drug-likeness (QED) is 0.909. The van der Waals surface area contributed by atoms with Crippen LogP contribution in [0.1, 0.15) is 31.9 Å². The minimum atomic E-state index is -0.262. The molecule has 0 aliphatic carbocycles.